The molecule has 0 saturated carbocycles. The highest BCUT2D eigenvalue weighted by Crippen LogP contribution is 2.29. The number of hydrogen-bond acceptors (Lipinski definition) is 3. The van der Waals surface area contributed by atoms with Crippen LogP contribution in [0.3, 0.4) is 0 Å². The van der Waals surface area contributed by atoms with Crippen LogP contribution in [0.25, 0.3) is 0 Å². The molecule has 0 amide bonds. The van der Waals surface area contributed by atoms with Crippen LogP contribution in [0.15, 0.2) is 19.6 Å². The van der Waals surface area contributed by atoms with E-state index in [9.17, 15) is 0 Å². The summed E-state index contributed by atoms with van der Waals surface area (Å²) in [5, 5.41) is 3.25. The monoisotopic (exact) mass is 378 g/mol. The van der Waals surface area contributed by atoms with E-state index in [0.29, 0.717) is 6.04 Å². The van der Waals surface area contributed by atoms with Gasteiger partial charge in [0.2, 0.25) is 0 Å². The van der Waals surface area contributed by atoms with Gasteiger partial charge in [-0.05, 0) is 77.3 Å². The van der Waals surface area contributed by atoms with Crippen molar-refractivity contribution in [3.05, 3.63) is 21.0 Å². The number of likely N-dealkylation sites (tertiary alicyclic amines) is 1. The molecule has 0 aliphatic carbocycles. The number of nitrogens with zero attached hydrogens (tertiary/aromatic N) is 1. The van der Waals surface area contributed by atoms with Crippen molar-refractivity contribution in [1.29, 1.82) is 0 Å². The summed E-state index contributed by atoms with van der Waals surface area (Å²) in [7, 11) is 2.02. The Labute approximate surface area is 126 Å². The maximum Gasteiger partial charge on any atom is 0.183 e. The van der Waals surface area contributed by atoms with Gasteiger partial charge in [0.1, 0.15) is 5.76 Å². The van der Waals surface area contributed by atoms with Crippen LogP contribution in [0.2, 0.25) is 0 Å². The van der Waals surface area contributed by atoms with E-state index in [4.69, 9.17) is 4.42 Å². The molecule has 2 heterocycles. The average Bonchev–Trinajstić information content (AvgIpc) is 2.67. The van der Waals surface area contributed by atoms with Crippen LogP contribution in [-0.4, -0.2) is 31.1 Å². The molecule has 0 bridgehead atoms. The normalized spacial score (nSPS) is 21.4. The van der Waals surface area contributed by atoms with E-state index in [2.05, 4.69) is 48.1 Å². The quantitative estimate of drug-likeness (QED) is 0.843. The zero-order valence-electron chi connectivity index (χ0n) is 10.7. The maximum absolute atomic E-state index is 5.68. The first-order valence-corrected chi connectivity index (χ1v) is 8.11. The predicted octanol–water partition coefficient (Wildman–Crippen LogP) is 3.77. The standard InChI is InChI=1S/C13H20Br2N2O/c1-16-6-5-10-4-2-3-7-17(10)9-11-8-12(14)13(15)18-11/h8,10,16H,2-7,9H2,1H3. The molecule has 1 fully saturated rings. The molecular weight excluding hydrogens is 360 g/mol. The fourth-order valence-corrected chi connectivity index (χ4v) is 3.23. The van der Waals surface area contributed by atoms with Gasteiger partial charge in [-0.3, -0.25) is 4.90 Å². The Morgan fingerprint density at radius 2 is 2.28 bits per heavy atom. The van der Waals surface area contributed by atoms with Crippen molar-refractivity contribution >= 4 is 31.9 Å². The molecule has 1 aromatic heterocycles. The smallest absolute Gasteiger partial charge is 0.183 e. The van der Waals surface area contributed by atoms with E-state index < -0.39 is 0 Å². The second kappa shape index (κ2) is 7.08. The number of hydrogen-bond donors (Lipinski definition) is 1. The molecule has 0 spiro atoms. The Morgan fingerprint density at radius 3 is 2.94 bits per heavy atom. The first kappa shape index (κ1) is 14.6. The molecule has 0 aromatic carbocycles. The molecule has 102 valence electrons. The molecule has 3 nitrogen and oxygen atoms in total. The lowest BCUT2D eigenvalue weighted by Crippen LogP contribution is -2.40. The van der Waals surface area contributed by atoms with E-state index in [1.54, 1.807) is 0 Å². The highest BCUT2D eigenvalue weighted by Gasteiger charge is 2.23. The third-order valence-electron chi connectivity index (χ3n) is 3.53. The van der Waals surface area contributed by atoms with Crippen molar-refractivity contribution in [3.8, 4) is 0 Å². The van der Waals surface area contributed by atoms with E-state index >= 15 is 0 Å². The van der Waals surface area contributed by atoms with Crippen molar-refractivity contribution in [3.63, 3.8) is 0 Å². The van der Waals surface area contributed by atoms with E-state index in [0.717, 1.165) is 28.0 Å². The van der Waals surface area contributed by atoms with Crippen molar-refractivity contribution in [1.82, 2.24) is 10.2 Å². The molecule has 1 aromatic rings. The molecule has 18 heavy (non-hydrogen) atoms. The van der Waals surface area contributed by atoms with Gasteiger partial charge in [0.25, 0.3) is 0 Å². The first-order chi connectivity index (χ1) is 8.70. The molecule has 1 unspecified atom stereocenters. The minimum absolute atomic E-state index is 0.689. The zero-order valence-corrected chi connectivity index (χ0v) is 13.9. The van der Waals surface area contributed by atoms with Crippen LogP contribution >= 0.6 is 31.9 Å². The highest BCUT2D eigenvalue weighted by atomic mass is 79.9. The summed E-state index contributed by atoms with van der Waals surface area (Å²) >= 11 is 6.86. The number of halogens is 2. The van der Waals surface area contributed by atoms with Crippen LogP contribution in [0.4, 0.5) is 0 Å². The van der Waals surface area contributed by atoms with Gasteiger partial charge in [-0.15, -0.1) is 0 Å². The van der Waals surface area contributed by atoms with Crippen molar-refractivity contribution in [2.75, 3.05) is 20.1 Å². The van der Waals surface area contributed by atoms with Crippen LogP contribution in [-0.2, 0) is 6.54 Å². The number of furan rings is 1. The Bertz CT molecular complexity index is 362. The Kier molecular flexibility index (Phi) is 5.73. The summed E-state index contributed by atoms with van der Waals surface area (Å²) in [6.45, 7) is 3.19. The topological polar surface area (TPSA) is 28.4 Å². The third kappa shape index (κ3) is 3.83. The van der Waals surface area contributed by atoms with Crippen LogP contribution in [0, 0.1) is 0 Å². The summed E-state index contributed by atoms with van der Waals surface area (Å²) in [6.07, 6.45) is 5.19. The first-order valence-electron chi connectivity index (χ1n) is 6.53. The minimum atomic E-state index is 0.689. The summed E-state index contributed by atoms with van der Waals surface area (Å²) in [5.74, 6) is 1.03. The SMILES string of the molecule is CNCCC1CCCCN1Cc1cc(Br)c(Br)o1. The lowest BCUT2D eigenvalue weighted by Gasteiger charge is -2.35. The fraction of sp³-hybridized carbons (Fsp3) is 0.692. The van der Waals surface area contributed by atoms with E-state index in [-0.39, 0.29) is 0 Å². The second-order valence-corrected chi connectivity index (χ2v) is 6.42. The molecule has 2 rings (SSSR count). The predicted molar refractivity (Wildman–Crippen MR) is 80.7 cm³/mol. The van der Waals surface area contributed by atoms with Gasteiger partial charge in [0.05, 0.1) is 11.0 Å². The average molecular weight is 380 g/mol. The second-order valence-electron chi connectivity index (χ2n) is 4.85. The molecule has 5 heteroatoms. The summed E-state index contributed by atoms with van der Waals surface area (Å²) in [4.78, 5) is 2.55. The molecule has 1 saturated heterocycles. The summed E-state index contributed by atoms with van der Waals surface area (Å²) in [5.41, 5.74) is 0. The summed E-state index contributed by atoms with van der Waals surface area (Å²) in [6, 6.07) is 2.75. The van der Waals surface area contributed by atoms with E-state index in [1.807, 2.05) is 7.05 Å². The van der Waals surface area contributed by atoms with Gasteiger partial charge in [0.15, 0.2) is 4.67 Å². The van der Waals surface area contributed by atoms with Gasteiger partial charge in [-0.25, -0.2) is 0 Å². The van der Waals surface area contributed by atoms with Gasteiger partial charge < -0.3 is 9.73 Å². The van der Waals surface area contributed by atoms with E-state index in [1.165, 1.54) is 32.2 Å². The fourth-order valence-electron chi connectivity index (χ4n) is 2.58. The third-order valence-corrected chi connectivity index (χ3v) is 5.24. The van der Waals surface area contributed by atoms with Gasteiger partial charge in [-0.2, -0.15) is 0 Å². The van der Waals surface area contributed by atoms with Gasteiger partial charge >= 0.3 is 0 Å². The van der Waals surface area contributed by atoms with Crippen molar-refractivity contribution in [2.24, 2.45) is 0 Å². The molecule has 1 aliphatic heterocycles. The highest BCUT2D eigenvalue weighted by molar-refractivity contribution is 9.13. The maximum atomic E-state index is 5.68. The Balaban J connectivity index is 1.96. The van der Waals surface area contributed by atoms with Gasteiger partial charge in [0, 0.05) is 6.04 Å². The number of rotatable bonds is 5. The minimum Gasteiger partial charge on any atom is -0.452 e. The largest absolute Gasteiger partial charge is 0.452 e. The van der Waals surface area contributed by atoms with Crippen LogP contribution in [0.5, 0.6) is 0 Å². The zero-order chi connectivity index (χ0) is 13.0. The van der Waals surface area contributed by atoms with Crippen molar-refractivity contribution < 1.29 is 4.42 Å². The van der Waals surface area contributed by atoms with Crippen LogP contribution in [0.1, 0.15) is 31.4 Å². The number of piperidine rings is 1. The molecular formula is C13H20Br2N2O. The molecule has 0 radical (unpaired) electrons. The lowest BCUT2D eigenvalue weighted by molar-refractivity contribution is 0.122. The molecule has 1 aliphatic rings. The van der Waals surface area contributed by atoms with Gasteiger partial charge in [-0.1, -0.05) is 6.42 Å². The molecule has 1 N–H and O–H groups in total. The number of nitrogens with one attached hydrogen (secondary N) is 1. The van der Waals surface area contributed by atoms with Crippen molar-refractivity contribution in [2.45, 2.75) is 38.3 Å². The Hall–Kier alpha value is 0.160. The molecule has 1 atom stereocenters. The summed E-state index contributed by atoms with van der Waals surface area (Å²) < 4.78 is 7.48. The Morgan fingerprint density at radius 1 is 1.44 bits per heavy atom. The lowest BCUT2D eigenvalue weighted by atomic mass is 9.99. The van der Waals surface area contributed by atoms with Crippen LogP contribution < -0.4 is 5.32 Å².